The zero-order valence-electron chi connectivity index (χ0n) is 21.8. The number of aryl methyl sites for hydroxylation is 3. The molecule has 6 nitrogen and oxygen atoms in total. The van der Waals surface area contributed by atoms with Crippen molar-refractivity contribution in [1.82, 2.24) is 14.8 Å². The van der Waals surface area contributed by atoms with Crippen molar-refractivity contribution in [3.05, 3.63) is 77.2 Å². The molecule has 0 bridgehead atoms. The van der Waals surface area contributed by atoms with E-state index in [-0.39, 0.29) is 0 Å². The van der Waals surface area contributed by atoms with Crippen molar-refractivity contribution < 1.29 is 14.3 Å². The fourth-order valence-electron chi connectivity index (χ4n) is 4.77. The lowest BCUT2D eigenvalue weighted by atomic mass is 9.96. The number of carbonyl (C=O) groups is 1. The highest BCUT2D eigenvalue weighted by molar-refractivity contribution is 6.07. The van der Waals surface area contributed by atoms with E-state index in [0.29, 0.717) is 17.2 Å². The van der Waals surface area contributed by atoms with Gasteiger partial charge < -0.3 is 14.5 Å². The highest BCUT2D eigenvalue weighted by Crippen LogP contribution is 2.43. The number of rotatable bonds is 4. The summed E-state index contributed by atoms with van der Waals surface area (Å²) in [5.41, 5.74) is 5.58. The lowest BCUT2D eigenvalue weighted by molar-refractivity contribution is 0.00615. The van der Waals surface area contributed by atoms with E-state index in [1.54, 1.807) is 0 Å². The topological polar surface area (TPSA) is 69.1 Å². The van der Waals surface area contributed by atoms with Crippen LogP contribution in [0.3, 0.4) is 0 Å². The van der Waals surface area contributed by atoms with Gasteiger partial charge in [0.15, 0.2) is 11.4 Å². The Morgan fingerprint density at radius 2 is 1.64 bits per heavy atom. The summed E-state index contributed by atoms with van der Waals surface area (Å²) in [4.78, 5) is 16.8. The first-order valence-corrected chi connectivity index (χ1v) is 12.1. The van der Waals surface area contributed by atoms with Crippen molar-refractivity contribution in [2.45, 2.75) is 47.1 Å². The van der Waals surface area contributed by atoms with Crippen LogP contribution < -0.4 is 4.74 Å². The van der Waals surface area contributed by atoms with Crippen LogP contribution in [-0.2, 0) is 11.8 Å². The quantitative estimate of drug-likeness (QED) is 0.272. The summed E-state index contributed by atoms with van der Waals surface area (Å²) in [5, 5.41) is 7.47. The number of esters is 1. The molecule has 0 fully saturated rings. The molecule has 0 aliphatic heterocycles. The molecule has 0 amide bonds. The maximum atomic E-state index is 13.4. The number of nitrogens with zero attached hydrogens (tertiary/aromatic N) is 2. The van der Waals surface area contributed by atoms with Gasteiger partial charge in [-0.15, -0.1) is 0 Å². The molecule has 0 saturated heterocycles. The van der Waals surface area contributed by atoms with Crippen LogP contribution in [0.25, 0.3) is 32.8 Å². The average molecular weight is 482 g/mol. The Labute approximate surface area is 210 Å². The number of nitrogens with one attached hydrogen (secondary N) is 1. The van der Waals surface area contributed by atoms with Crippen LogP contribution >= 0.6 is 0 Å². The van der Waals surface area contributed by atoms with Gasteiger partial charge in [-0.05, 0) is 64.6 Å². The number of fused-ring (bicyclic) bond motifs is 2. The summed E-state index contributed by atoms with van der Waals surface area (Å²) in [5.74, 6) is 0.669. The number of benzene rings is 3. The van der Waals surface area contributed by atoms with Crippen molar-refractivity contribution >= 4 is 27.6 Å². The minimum Gasteiger partial charge on any atom is -0.455 e. The highest BCUT2D eigenvalue weighted by atomic mass is 16.6. The third-order valence-corrected chi connectivity index (χ3v) is 6.46. The second kappa shape index (κ2) is 8.55. The fourth-order valence-corrected chi connectivity index (χ4v) is 4.77. The molecular formula is C30H31N3O3. The molecule has 5 aromatic rings. The molecule has 0 unspecified atom stereocenters. The molecule has 0 spiro atoms. The first-order chi connectivity index (χ1) is 17.0. The summed E-state index contributed by atoms with van der Waals surface area (Å²) in [6, 6.07) is 18.0. The van der Waals surface area contributed by atoms with Crippen LogP contribution in [0.2, 0.25) is 0 Å². The van der Waals surface area contributed by atoms with Crippen molar-refractivity contribution in [3.8, 4) is 22.6 Å². The Morgan fingerprint density at radius 1 is 0.917 bits per heavy atom. The van der Waals surface area contributed by atoms with Crippen LogP contribution in [0.4, 0.5) is 0 Å². The molecule has 0 aliphatic rings. The first-order valence-electron chi connectivity index (χ1n) is 12.1. The zero-order chi connectivity index (χ0) is 25.8. The van der Waals surface area contributed by atoms with Gasteiger partial charge in [-0.25, -0.2) is 4.79 Å². The minimum atomic E-state index is -0.652. The molecule has 2 heterocycles. The van der Waals surface area contributed by atoms with Gasteiger partial charge in [0.05, 0.1) is 11.2 Å². The number of aromatic amines is 1. The Balaban J connectivity index is 1.78. The minimum absolute atomic E-state index is 0.291. The van der Waals surface area contributed by atoms with Gasteiger partial charge in [0.2, 0.25) is 0 Å². The molecular weight excluding hydrogens is 450 g/mol. The normalized spacial score (nSPS) is 11.9. The summed E-state index contributed by atoms with van der Waals surface area (Å²) in [6.45, 7) is 11.7. The Kier molecular flexibility index (Phi) is 5.62. The van der Waals surface area contributed by atoms with Crippen molar-refractivity contribution in [2.24, 2.45) is 7.05 Å². The van der Waals surface area contributed by atoms with E-state index in [2.05, 4.69) is 30.0 Å². The lowest BCUT2D eigenvalue weighted by Crippen LogP contribution is -2.24. The molecule has 6 heteroatoms. The molecule has 184 valence electrons. The lowest BCUT2D eigenvalue weighted by Gasteiger charge is -2.19. The third kappa shape index (κ3) is 4.02. The van der Waals surface area contributed by atoms with Crippen LogP contribution in [0.15, 0.2) is 54.6 Å². The summed E-state index contributed by atoms with van der Waals surface area (Å²) in [6.07, 6.45) is 0. The summed E-state index contributed by atoms with van der Waals surface area (Å²) >= 11 is 0. The van der Waals surface area contributed by atoms with Gasteiger partial charge in [-0.2, -0.15) is 5.10 Å². The Morgan fingerprint density at radius 3 is 2.33 bits per heavy atom. The summed E-state index contributed by atoms with van der Waals surface area (Å²) < 4.78 is 14.2. The number of hydrogen-bond acceptors (Lipinski definition) is 4. The molecule has 36 heavy (non-hydrogen) atoms. The molecule has 0 saturated carbocycles. The Bertz CT molecular complexity index is 1630. The van der Waals surface area contributed by atoms with Gasteiger partial charge in [0.1, 0.15) is 11.4 Å². The number of ether oxygens (including phenoxy) is 2. The van der Waals surface area contributed by atoms with Gasteiger partial charge in [-0.3, -0.25) is 4.68 Å². The van der Waals surface area contributed by atoms with Crippen molar-refractivity contribution in [2.75, 3.05) is 0 Å². The number of H-pyrrole nitrogens is 1. The van der Waals surface area contributed by atoms with Gasteiger partial charge in [0.25, 0.3) is 0 Å². The van der Waals surface area contributed by atoms with E-state index in [9.17, 15) is 4.79 Å². The molecule has 3 aromatic carbocycles. The van der Waals surface area contributed by atoms with E-state index in [4.69, 9.17) is 9.47 Å². The first kappa shape index (κ1) is 23.7. The van der Waals surface area contributed by atoms with E-state index in [1.807, 2.05) is 88.0 Å². The average Bonchev–Trinajstić information content (AvgIpc) is 3.29. The van der Waals surface area contributed by atoms with Gasteiger partial charge in [0, 0.05) is 34.6 Å². The second-order valence-electron chi connectivity index (χ2n) is 10.3. The zero-order valence-corrected chi connectivity index (χ0v) is 21.8. The maximum absolute atomic E-state index is 13.4. The molecule has 1 N–H and O–H groups in total. The van der Waals surface area contributed by atoms with Crippen LogP contribution in [0.5, 0.6) is 11.5 Å². The smallest absolute Gasteiger partial charge is 0.359 e. The van der Waals surface area contributed by atoms with Crippen molar-refractivity contribution in [1.29, 1.82) is 0 Å². The third-order valence-electron chi connectivity index (χ3n) is 6.46. The predicted molar refractivity (Wildman–Crippen MR) is 144 cm³/mol. The fraction of sp³-hybridized carbons (Fsp3) is 0.267. The van der Waals surface area contributed by atoms with E-state index in [0.717, 1.165) is 49.8 Å². The standard InChI is InChI=1S/C30H31N3O3/c1-17-15-16-22-26(24(17)25-18(2)32-33(7)19(25)3)31-27(29(34)36-30(4,5)6)28(22)35-23-14-10-12-20-11-8-9-13-21(20)23/h8-16,31H,1-7H3. The maximum Gasteiger partial charge on any atom is 0.359 e. The number of aromatic nitrogens is 3. The number of carbonyl (C=O) groups excluding carboxylic acids is 1. The van der Waals surface area contributed by atoms with E-state index < -0.39 is 11.6 Å². The highest BCUT2D eigenvalue weighted by Gasteiger charge is 2.28. The van der Waals surface area contributed by atoms with E-state index in [1.165, 1.54) is 0 Å². The Hall–Kier alpha value is -4.06. The largest absolute Gasteiger partial charge is 0.455 e. The van der Waals surface area contributed by atoms with Crippen LogP contribution in [0, 0.1) is 20.8 Å². The van der Waals surface area contributed by atoms with Crippen LogP contribution in [0.1, 0.15) is 48.2 Å². The molecule has 0 atom stereocenters. The van der Waals surface area contributed by atoms with Crippen LogP contribution in [-0.4, -0.2) is 26.3 Å². The van der Waals surface area contributed by atoms with Gasteiger partial charge >= 0.3 is 5.97 Å². The molecule has 0 radical (unpaired) electrons. The van der Waals surface area contributed by atoms with E-state index >= 15 is 0 Å². The molecule has 2 aromatic heterocycles. The molecule has 5 rings (SSSR count). The predicted octanol–water partition coefficient (Wildman–Crippen LogP) is 7.39. The second-order valence-corrected chi connectivity index (χ2v) is 10.3. The monoisotopic (exact) mass is 481 g/mol. The van der Waals surface area contributed by atoms with Crippen molar-refractivity contribution in [3.63, 3.8) is 0 Å². The van der Waals surface area contributed by atoms with Gasteiger partial charge in [-0.1, -0.05) is 42.5 Å². The SMILES string of the molecule is Cc1ccc2c(Oc3cccc4ccccc34)c(C(=O)OC(C)(C)C)[nH]c2c1-c1c(C)nn(C)c1C. The number of hydrogen-bond donors (Lipinski definition) is 1. The molecule has 0 aliphatic carbocycles. The summed E-state index contributed by atoms with van der Waals surface area (Å²) in [7, 11) is 1.94.